The number of hydrogen-bond acceptors (Lipinski definition) is 2. The molecule has 0 aliphatic carbocycles. The van der Waals surface area contributed by atoms with E-state index in [4.69, 9.17) is 0 Å². The summed E-state index contributed by atoms with van der Waals surface area (Å²) in [5.41, 5.74) is 0. The van der Waals surface area contributed by atoms with Gasteiger partial charge in [-0.25, -0.2) is 0 Å². The normalized spacial score (nSPS) is 19.9. The molecule has 0 atom stereocenters. The highest BCUT2D eigenvalue weighted by atomic mass is 15.4. The van der Waals surface area contributed by atoms with Gasteiger partial charge in [0, 0.05) is 31.5 Å². The third kappa shape index (κ3) is 1.25. The Labute approximate surface area is 73.0 Å². The first kappa shape index (κ1) is 7.80. The Balaban J connectivity index is 1.90. The van der Waals surface area contributed by atoms with Gasteiger partial charge in [0.2, 0.25) is 0 Å². The van der Waals surface area contributed by atoms with Crippen molar-refractivity contribution in [2.45, 2.75) is 25.9 Å². The average molecular weight is 165 g/mol. The Morgan fingerprint density at radius 2 is 2.17 bits per heavy atom. The van der Waals surface area contributed by atoms with Crippen LogP contribution in [-0.2, 0) is 0 Å². The fraction of sp³-hybridized carbons (Fsp3) is 0.667. The van der Waals surface area contributed by atoms with E-state index in [0.29, 0.717) is 12.1 Å². The number of aromatic nitrogens is 2. The fourth-order valence-electron chi connectivity index (χ4n) is 1.57. The van der Waals surface area contributed by atoms with Gasteiger partial charge >= 0.3 is 0 Å². The van der Waals surface area contributed by atoms with E-state index in [1.807, 2.05) is 18.5 Å². The summed E-state index contributed by atoms with van der Waals surface area (Å²) in [6.45, 7) is 6.78. The van der Waals surface area contributed by atoms with Crippen LogP contribution >= 0.6 is 0 Å². The standard InChI is InChI=1S/C9H15N3/c1-8(2)11-6-9(7-11)12-5-3-4-10-12/h3-5,8-9H,6-7H2,1-2H3. The topological polar surface area (TPSA) is 21.1 Å². The molecule has 2 heterocycles. The fourth-order valence-corrected chi connectivity index (χ4v) is 1.57. The summed E-state index contributed by atoms with van der Waals surface area (Å²) in [6, 6.07) is 3.28. The van der Waals surface area contributed by atoms with Crippen LogP contribution in [0.3, 0.4) is 0 Å². The van der Waals surface area contributed by atoms with Gasteiger partial charge in [-0.15, -0.1) is 0 Å². The Kier molecular flexibility index (Phi) is 1.89. The van der Waals surface area contributed by atoms with Crippen molar-refractivity contribution in [2.24, 2.45) is 0 Å². The first-order valence-electron chi connectivity index (χ1n) is 4.50. The van der Waals surface area contributed by atoms with Crippen LogP contribution in [0, 0.1) is 0 Å². The lowest BCUT2D eigenvalue weighted by Crippen LogP contribution is -2.50. The van der Waals surface area contributed by atoms with Crippen LogP contribution in [0.5, 0.6) is 0 Å². The highest BCUT2D eigenvalue weighted by molar-refractivity contribution is 4.90. The quantitative estimate of drug-likeness (QED) is 0.655. The number of likely N-dealkylation sites (tertiary alicyclic amines) is 1. The molecule has 0 saturated carbocycles. The van der Waals surface area contributed by atoms with Gasteiger partial charge in [0.25, 0.3) is 0 Å². The van der Waals surface area contributed by atoms with Crippen LogP contribution in [0.15, 0.2) is 18.5 Å². The zero-order valence-corrected chi connectivity index (χ0v) is 7.64. The van der Waals surface area contributed by atoms with Crippen LogP contribution < -0.4 is 0 Å². The Morgan fingerprint density at radius 3 is 2.67 bits per heavy atom. The average Bonchev–Trinajstić information content (AvgIpc) is 2.34. The molecule has 1 aromatic rings. The molecular formula is C9H15N3. The van der Waals surface area contributed by atoms with E-state index in [1.54, 1.807) is 0 Å². The SMILES string of the molecule is CC(C)N1CC(n2cccn2)C1. The van der Waals surface area contributed by atoms with E-state index in [9.17, 15) is 0 Å². The first-order valence-corrected chi connectivity index (χ1v) is 4.50. The molecular weight excluding hydrogens is 150 g/mol. The summed E-state index contributed by atoms with van der Waals surface area (Å²) < 4.78 is 2.05. The molecule has 0 amide bonds. The molecule has 0 spiro atoms. The molecule has 1 aromatic heterocycles. The van der Waals surface area contributed by atoms with Crippen molar-refractivity contribution in [3.63, 3.8) is 0 Å². The van der Waals surface area contributed by atoms with Crippen molar-refractivity contribution in [2.75, 3.05) is 13.1 Å². The van der Waals surface area contributed by atoms with Crippen molar-refractivity contribution < 1.29 is 0 Å². The predicted molar refractivity (Wildman–Crippen MR) is 48.0 cm³/mol. The van der Waals surface area contributed by atoms with Crippen LogP contribution in [0.1, 0.15) is 19.9 Å². The number of hydrogen-bond donors (Lipinski definition) is 0. The van der Waals surface area contributed by atoms with E-state index >= 15 is 0 Å². The van der Waals surface area contributed by atoms with Gasteiger partial charge in [0.05, 0.1) is 6.04 Å². The second kappa shape index (κ2) is 2.90. The molecule has 0 aromatic carbocycles. The van der Waals surface area contributed by atoms with Crippen molar-refractivity contribution in [1.82, 2.24) is 14.7 Å². The summed E-state index contributed by atoms with van der Waals surface area (Å²) >= 11 is 0. The molecule has 2 rings (SSSR count). The van der Waals surface area contributed by atoms with E-state index in [1.165, 1.54) is 0 Å². The van der Waals surface area contributed by atoms with Crippen molar-refractivity contribution in [3.05, 3.63) is 18.5 Å². The molecule has 0 N–H and O–H groups in total. The lowest BCUT2D eigenvalue weighted by atomic mass is 10.1. The largest absolute Gasteiger partial charge is 0.297 e. The van der Waals surface area contributed by atoms with Crippen LogP contribution in [0.4, 0.5) is 0 Å². The molecule has 1 saturated heterocycles. The zero-order valence-electron chi connectivity index (χ0n) is 7.64. The number of nitrogens with zero attached hydrogens (tertiary/aromatic N) is 3. The number of rotatable bonds is 2. The maximum Gasteiger partial charge on any atom is 0.0772 e. The third-order valence-corrected chi connectivity index (χ3v) is 2.52. The van der Waals surface area contributed by atoms with E-state index in [2.05, 4.69) is 28.5 Å². The summed E-state index contributed by atoms with van der Waals surface area (Å²) in [7, 11) is 0. The molecule has 1 aliphatic rings. The minimum atomic E-state index is 0.613. The summed E-state index contributed by atoms with van der Waals surface area (Å²) in [5, 5.41) is 4.22. The van der Waals surface area contributed by atoms with Crippen LogP contribution in [0.2, 0.25) is 0 Å². The van der Waals surface area contributed by atoms with E-state index < -0.39 is 0 Å². The summed E-state index contributed by atoms with van der Waals surface area (Å²) in [4.78, 5) is 2.45. The zero-order chi connectivity index (χ0) is 8.55. The van der Waals surface area contributed by atoms with Crippen molar-refractivity contribution >= 4 is 0 Å². The molecule has 66 valence electrons. The molecule has 3 nitrogen and oxygen atoms in total. The second-order valence-electron chi connectivity index (χ2n) is 3.69. The van der Waals surface area contributed by atoms with Gasteiger partial charge in [-0.1, -0.05) is 0 Å². The van der Waals surface area contributed by atoms with E-state index in [0.717, 1.165) is 13.1 Å². The molecule has 1 fully saturated rings. The van der Waals surface area contributed by atoms with Gasteiger partial charge in [-0.05, 0) is 19.9 Å². The maximum atomic E-state index is 4.22. The third-order valence-electron chi connectivity index (χ3n) is 2.52. The molecule has 3 heteroatoms. The van der Waals surface area contributed by atoms with Crippen molar-refractivity contribution in [1.29, 1.82) is 0 Å². The molecule has 0 radical (unpaired) electrons. The highest BCUT2D eigenvalue weighted by Crippen LogP contribution is 2.21. The lowest BCUT2D eigenvalue weighted by Gasteiger charge is -2.41. The van der Waals surface area contributed by atoms with Crippen LogP contribution in [-0.4, -0.2) is 33.8 Å². The highest BCUT2D eigenvalue weighted by Gasteiger charge is 2.29. The Bertz CT molecular complexity index is 234. The summed E-state index contributed by atoms with van der Waals surface area (Å²) in [5.74, 6) is 0. The Hall–Kier alpha value is -0.830. The van der Waals surface area contributed by atoms with E-state index in [-0.39, 0.29) is 0 Å². The van der Waals surface area contributed by atoms with Crippen LogP contribution in [0.25, 0.3) is 0 Å². The van der Waals surface area contributed by atoms with Gasteiger partial charge in [-0.2, -0.15) is 5.10 Å². The molecule has 1 aliphatic heterocycles. The Morgan fingerprint density at radius 1 is 1.42 bits per heavy atom. The molecule has 0 bridgehead atoms. The lowest BCUT2D eigenvalue weighted by molar-refractivity contribution is 0.0675. The van der Waals surface area contributed by atoms with Gasteiger partial charge < -0.3 is 0 Å². The predicted octanol–water partition coefficient (Wildman–Crippen LogP) is 1.15. The maximum absolute atomic E-state index is 4.22. The minimum Gasteiger partial charge on any atom is -0.297 e. The molecule has 0 unspecified atom stereocenters. The van der Waals surface area contributed by atoms with Gasteiger partial charge in [0.15, 0.2) is 0 Å². The summed E-state index contributed by atoms with van der Waals surface area (Å²) in [6.07, 6.45) is 3.89. The van der Waals surface area contributed by atoms with Gasteiger partial charge in [0.1, 0.15) is 0 Å². The van der Waals surface area contributed by atoms with Gasteiger partial charge in [-0.3, -0.25) is 9.58 Å². The smallest absolute Gasteiger partial charge is 0.0772 e. The minimum absolute atomic E-state index is 0.613. The second-order valence-corrected chi connectivity index (χ2v) is 3.69. The monoisotopic (exact) mass is 165 g/mol. The molecule has 12 heavy (non-hydrogen) atoms. The van der Waals surface area contributed by atoms with Crippen molar-refractivity contribution in [3.8, 4) is 0 Å². The first-order chi connectivity index (χ1) is 5.77.